The Kier molecular flexibility index (Phi) is 5.14. The summed E-state index contributed by atoms with van der Waals surface area (Å²) in [6.07, 6.45) is 3.78. The summed E-state index contributed by atoms with van der Waals surface area (Å²) in [5.74, 6) is -0.695. The van der Waals surface area contributed by atoms with Crippen LogP contribution in [-0.2, 0) is 16.9 Å². The molecule has 2 heterocycles. The summed E-state index contributed by atoms with van der Waals surface area (Å²) >= 11 is 6.15. The molecule has 2 aromatic heterocycles. The second-order valence-corrected chi connectivity index (χ2v) is 6.97. The lowest BCUT2D eigenvalue weighted by Gasteiger charge is -2.23. The third kappa shape index (κ3) is 4.01. The van der Waals surface area contributed by atoms with E-state index in [1.54, 1.807) is 26.0 Å². The summed E-state index contributed by atoms with van der Waals surface area (Å²) in [7, 11) is 0. The second kappa shape index (κ2) is 7.39. The minimum Gasteiger partial charge on any atom is -0.306 e. The van der Waals surface area contributed by atoms with Gasteiger partial charge in [0.2, 0.25) is 0 Å². The first-order valence-electron chi connectivity index (χ1n) is 8.15. The van der Waals surface area contributed by atoms with Gasteiger partial charge in [-0.1, -0.05) is 23.7 Å². The van der Waals surface area contributed by atoms with E-state index in [1.807, 2.05) is 0 Å². The average Bonchev–Trinajstić information content (AvgIpc) is 3.25. The van der Waals surface area contributed by atoms with Crippen molar-refractivity contribution in [3.8, 4) is 0 Å². The van der Waals surface area contributed by atoms with Gasteiger partial charge in [0, 0.05) is 6.20 Å². The van der Waals surface area contributed by atoms with E-state index in [4.69, 9.17) is 11.6 Å². The van der Waals surface area contributed by atoms with Gasteiger partial charge in [-0.3, -0.25) is 24.3 Å². The highest BCUT2D eigenvalue weighted by Gasteiger charge is 2.33. The molecule has 0 saturated carbocycles. The first-order valence-corrected chi connectivity index (χ1v) is 8.53. The van der Waals surface area contributed by atoms with Crippen molar-refractivity contribution in [2.45, 2.75) is 25.9 Å². The van der Waals surface area contributed by atoms with Crippen LogP contribution in [0.15, 0.2) is 42.9 Å². The van der Waals surface area contributed by atoms with E-state index in [9.17, 15) is 19.3 Å². The van der Waals surface area contributed by atoms with Crippen molar-refractivity contribution in [2.75, 3.05) is 5.32 Å². The van der Waals surface area contributed by atoms with Gasteiger partial charge in [-0.2, -0.15) is 10.2 Å². The number of hydrogen-bond donors (Lipinski definition) is 1. The van der Waals surface area contributed by atoms with Crippen molar-refractivity contribution < 1.29 is 14.1 Å². The zero-order chi connectivity index (χ0) is 20.5. The molecule has 0 saturated heterocycles. The van der Waals surface area contributed by atoms with Gasteiger partial charge in [0.25, 0.3) is 5.91 Å². The molecule has 9 nitrogen and oxygen atoms in total. The largest absolute Gasteiger partial charge is 0.307 e. The molecule has 0 fully saturated rings. The number of rotatable bonds is 6. The molecule has 1 N–H and O–H groups in total. The predicted molar refractivity (Wildman–Crippen MR) is 99.6 cm³/mol. The van der Waals surface area contributed by atoms with Crippen LogP contribution < -0.4 is 5.32 Å². The first kappa shape index (κ1) is 19.5. The molecule has 0 unspecified atom stereocenters. The van der Waals surface area contributed by atoms with Crippen molar-refractivity contribution in [2.24, 2.45) is 0 Å². The Morgan fingerprint density at radius 2 is 2.00 bits per heavy atom. The van der Waals surface area contributed by atoms with E-state index >= 15 is 0 Å². The van der Waals surface area contributed by atoms with Crippen LogP contribution in [0.4, 0.5) is 15.9 Å². The van der Waals surface area contributed by atoms with Crippen LogP contribution in [0.5, 0.6) is 0 Å². The van der Waals surface area contributed by atoms with Crippen molar-refractivity contribution >= 4 is 29.0 Å². The predicted octanol–water partition coefficient (Wildman–Crippen LogP) is 3.20. The lowest BCUT2D eigenvalue weighted by Crippen LogP contribution is -2.40. The molecule has 1 aromatic carbocycles. The summed E-state index contributed by atoms with van der Waals surface area (Å²) in [6.45, 7) is 3.45. The van der Waals surface area contributed by atoms with Gasteiger partial charge in [-0.25, -0.2) is 4.39 Å². The normalized spacial score (nSPS) is 11.4. The van der Waals surface area contributed by atoms with E-state index < -0.39 is 16.4 Å². The number of halogens is 2. The Balaban J connectivity index is 1.75. The molecule has 146 valence electrons. The Hall–Kier alpha value is -3.27. The third-order valence-electron chi connectivity index (χ3n) is 4.11. The number of nitrogens with one attached hydrogen (secondary N) is 1. The van der Waals surface area contributed by atoms with E-state index in [-0.39, 0.29) is 22.3 Å². The van der Waals surface area contributed by atoms with Crippen molar-refractivity contribution in [1.29, 1.82) is 0 Å². The molecule has 0 atom stereocenters. The minimum absolute atomic E-state index is 0.142. The van der Waals surface area contributed by atoms with Gasteiger partial charge in [0.05, 0.1) is 11.5 Å². The molecule has 0 aliphatic rings. The smallest absolute Gasteiger partial charge is 0.306 e. The maximum Gasteiger partial charge on any atom is 0.307 e. The SMILES string of the molecule is CC(C)(C(=O)Nc1nn(Cc2ccc(F)cc2)cc1Cl)n1cc([N+](=O)[O-])cn1. The summed E-state index contributed by atoms with van der Waals surface area (Å²) in [5.41, 5.74) is -0.636. The number of anilines is 1. The molecule has 3 aromatic rings. The van der Waals surface area contributed by atoms with Crippen LogP contribution in [-0.4, -0.2) is 30.4 Å². The van der Waals surface area contributed by atoms with Crippen molar-refractivity contribution in [3.63, 3.8) is 0 Å². The topological polar surface area (TPSA) is 108 Å². The Labute approximate surface area is 163 Å². The maximum absolute atomic E-state index is 13.0. The number of aromatic nitrogens is 4. The van der Waals surface area contributed by atoms with Gasteiger partial charge in [-0.15, -0.1) is 0 Å². The fraction of sp³-hybridized carbons (Fsp3) is 0.235. The fourth-order valence-electron chi connectivity index (χ4n) is 2.42. The van der Waals surface area contributed by atoms with E-state index in [1.165, 1.54) is 33.9 Å². The Morgan fingerprint density at radius 1 is 1.32 bits per heavy atom. The van der Waals surface area contributed by atoms with Crippen LogP contribution in [0.3, 0.4) is 0 Å². The van der Waals surface area contributed by atoms with Gasteiger partial charge < -0.3 is 5.32 Å². The minimum atomic E-state index is -1.22. The lowest BCUT2D eigenvalue weighted by atomic mass is 10.1. The molecule has 1 amide bonds. The van der Waals surface area contributed by atoms with Gasteiger partial charge in [0.15, 0.2) is 5.82 Å². The molecule has 0 bridgehead atoms. The zero-order valence-corrected chi connectivity index (χ0v) is 15.7. The number of hydrogen-bond acceptors (Lipinski definition) is 5. The van der Waals surface area contributed by atoms with Crippen LogP contribution in [0.1, 0.15) is 19.4 Å². The van der Waals surface area contributed by atoms with Gasteiger partial charge in [0.1, 0.15) is 28.8 Å². The number of carbonyl (C=O) groups is 1. The molecule has 3 rings (SSSR count). The molecule has 0 spiro atoms. The lowest BCUT2D eigenvalue weighted by molar-refractivity contribution is -0.385. The summed E-state index contributed by atoms with van der Waals surface area (Å²) in [4.78, 5) is 22.9. The Bertz CT molecular complexity index is 1030. The molecule has 0 radical (unpaired) electrons. The second-order valence-electron chi connectivity index (χ2n) is 6.56. The number of amides is 1. The van der Waals surface area contributed by atoms with E-state index in [2.05, 4.69) is 15.5 Å². The summed E-state index contributed by atoms with van der Waals surface area (Å²) < 4.78 is 15.7. The van der Waals surface area contributed by atoms with Crippen LogP contribution in [0.25, 0.3) is 0 Å². The van der Waals surface area contributed by atoms with Crippen LogP contribution in [0.2, 0.25) is 5.02 Å². The number of carbonyl (C=O) groups excluding carboxylic acids is 1. The molecular formula is C17H16ClFN6O3. The highest BCUT2D eigenvalue weighted by molar-refractivity contribution is 6.33. The number of nitro groups is 1. The Morgan fingerprint density at radius 3 is 2.61 bits per heavy atom. The standard InChI is InChI=1S/C17H16ClFN6O3/c1-17(2,24-9-13(7-20-24)25(27)28)16(26)21-15-14(18)10-23(22-15)8-11-3-5-12(19)6-4-11/h3-7,9-10H,8H2,1-2H3,(H,21,22,26). The van der Waals surface area contributed by atoms with E-state index in [0.29, 0.717) is 6.54 Å². The third-order valence-corrected chi connectivity index (χ3v) is 4.39. The summed E-state index contributed by atoms with van der Waals surface area (Å²) in [5, 5.41) is 21.8. The van der Waals surface area contributed by atoms with Crippen LogP contribution >= 0.6 is 11.6 Å². The van der Waals surface area contributed by atoms with Crippen LogP contribution in [0, 0.1) is 15.9 Å². The molecular weight excluding hydrogens is 391 g/mol. The zero-order valence-electron chi connectivity index (χ0n) is 15.0. The maximum atomic E-state index is 13.0. The van der Waals surface area contributed by atoms with Gasteiger partial charge in [-0.05, 0) is 31.5 Å². The molecule has 11 heteroatoms. The summed E-state index contributed by atoms with van der Waals surface area (Å²) in [6, 6.07) is 5.93. The van der Waals surface area contributed by atoms with E-state index in [0.717, 1.165) is 11.8 Å². The number of nitrogens with zero attached hydrogens (tertiary/aromatic N) is 5. The monoisotopic (exact) mass is 406 g/mol. The fourth-order valence-corrected chi connectivity index (χ4v) is 2.62. The number of benzene rings is 1. The molecule has 28 heavy (non-hydrogen) atoms. The molecule has 0 aliphatic heterocycles. The average molecular weight is 407 g/mol. The van der Waals surface area contributed by atoms with Crippen molar-refractivity contribution in [3.05, 3.63) is 69.4 Å². The van der Waals surface area contributed by atoms with Crippen molar-refractivity contribution in [1.82, 2.24) is 19.6 Å². The first-order chi connectivity index (χ1) is 13.2. The quantitative estimate of drug-likeness (QED) is 0.499. The highest BCUT2D eigenvalue weighted by Crippen LogP contribution is 2.24. The van der Waals surface area contributed by atoms with Gasteiger partial charge >= 0.3 is 5.69 Å². The highest BCUT2D eigenvalue weighted by atomic mass is 35.5. The molecule has 0 aliphatic carbocycles.